The van der Waals surface area contributed by atoms with Crippen LogP contribution < -0.4 is 10.6 Å². The van der Waals surface area contributed by atoms with Crippen LogP contribution in [-0.2, 0) is 14.6 Å². The van der Waals surface area contributed by atoms with Crippen LogP contribution in [0.1, 0.15) is 26.7 Å². The van der Waals surface area contributed by atoms with E-state index < -0.39 is 9.84 Å². The van der Waals surface area contributed by atoms with Gasteiger partial charge in [0.15, 0.2) is 0 Å². The van der Waals surface area contributed by atoms with Crippen molar-refractivity contribution in [1.82, 2.24) is 10.6 Å². The highest BCUT2D eigenvalue weighted by molar-refractivity contribution is 7.90. The maximum atomic E-state index is 11.4. The average Bonchev–Trinajstić information content (AvgIpc) is 2.11. The van der Waals surface area contributed by atoms with Crippen LogP contribution >= 0.6 is 0 Å². The van der Waals surface area contributed by atoms with Gasteiger partial charge in [0.05, 0.1) is 5.75 Å². The lowest BCUT2D eigenvalue weighted by Gasteiger charge is -2.11. The van der Waals surface area contributed by atoms with Gasteiger partial charge < -0.3 is 10.6 Å². The predicted molar refractivity (Wildman–Crippen MR) is 65.1 cm³/mol. The van der Waals surface area contributed by atoms with E-state index in [0.29, 0.717) is 19.4 Å². The van der Waals surface area contributed by atoms with E-state index in [4.69, 9.17) is 0 Å². The zero-order valence-electron chi connectivity index (χ0n) is 10.2. The molecular weight excluding hydrogens is 228 g/mol. The second kappa shape index (κ2) is 7.62. The van der Waals surface area contributed by atoms with Gasteiger partial charge >= 0.3 is 0 Å². The summed E-state index contributed by atoms with van der Waals surface area (Å²) in [6, 6.07) is 0.153. The Morgan fingerprint density at radius 3 is 2.50 bits per heavy atom. The summed E-state index contributed by atoms with van der Waals surface area (Å²) < 4.78 is 21.6. The van der Waals surface area contributed by atoms with Crippen LogP contribution in [0.4, 0.5) is 0 Å². The van der Waals surface area contributed by atoms with E-state index in [1.807, 2.05) is 13.8 Å². The summed E-state index contributed by atoms with van der Waals surface area (Å²) in [5.74, 6) is 0.0812. The number of hydrogen-bond donors (Lipinski definition) is 2. The van der Waals surface area contributed by atoms with Gasteiger partial charge in [-0.2, -0.15) is 0 Å². The Labute approximate surface area is 97.9 Å². The molecule has 16 heavy (non-hydrogen) atoms. The molecule has 5 nitrogen and oxygen atoms in total. The molecule has 0 aromatic rings. The highest BCUT2D eigenvalue weighted by Crippen LogP contribution is 1.91. The molecule has 0 heterocycles. The van der Waals surface area contributed by atoms with E-state index in [1.165, 1.54) is 6.26 Å². The molecule has 1 amide bonds. The largest absolute Gasteiger partial charge is 0.356 e. The van der Waals surface area contributed by atoms with Gasteiger partial charge in [-0.05, 0) is 19.9 Å². The number of carbonyl (C=O) groups excluding carboxylic acids is 1. The maximum absolute atomic E-state index is 11.4. The highest BCUT2D eigenvalue weighted by Gasteiger charge is 2.07. The standard InChI is InChI=1S/C10H22N2O3S/c1-4-11-9(2)8-10(13)12-6-5-7-16(3,14)15/h9,11H,4-8H2,1-3H3,(H,12,13). The number of rotatable bonds is 8. The van der Waals surface area contributed by atoms with Crippen molar-refractivity contribution in [3.8, 4) is 0 Å². The summed E-state index contributed by atoms with van der Waals surface area (Å²) in [4.78, 5) is 11.4. The monoisotopic (exact) mass is 250 g/mol. The molecule has 0 fully saturated rings. The van der Waals surface area contributed by atoms with Crippen LogP contribution in [0.2, 0.25) is 0 Å². The Hall–Kier alpha value is -0.620. The molecule has 0 rings (SSSR count). The minimum absolute atomic E-state index is 0.0399. The number of amides is 1. The lowest BCUT2D eigenvalue weighted by molar-refractivity contribution is -0.121. The van der Waals surface area contributed by atoms with Gasteiger partial charge in [0.25, 0.3) is 0 Å². The second-order valence-corrected chi connectivity index (χ2v) is 6.26. The van der Waals surface area contributed by atoms with Gasteiger partial charge in [-0.3, -0.25) is 4.79 Å². The van der Waals surface area contributed by atoms with Crippen LogP contribution in [-0.4, -0.2) is 45.5 Å². The summed E-state index contributed by atoms with van der Waals surface area (Å²) in [5, 5.41) is 5.84. The molecule has 2 N–H and O–H groups in total. The van der Waals surface area contributed by atoms with Gasteiger partial charge in [-0.15, -0.1) is 0 Å². The summed E-state index contributed by atoms with van der Waals surface area (Å²) in [5.41, 5.74) is 0. The van der Waals surface area contributed by atoms with Crippen molar-refractivity contribution in [2.45, 2.75) is 32.7 Å². The van der Waals surface area contributed by atoms with Crippen molar-refractivity contribution >= 4 is 15.7 Å². The van der Waals surface area contributed by atoms with E-state index in [-0.39, 0.29) is 17.7 Å². The van der Waals surface area contributed by atoms with E-state index in [9.17, 15) is 13.2 Å². The first-order valence-electron chi connectivity index (χ1n) is 5.53. The molecule has 0 bridgehead atoms. The third-order valence-corrected chi connectivity index (χ3v) is 3.09. The molecule has 96 valence electrons. The summed E-state index contributed by atoms with van der Waals surface area (Å²) in [7, 11) is -2.92. The molecule has 0 spiro atoms. The molecule has 0 aliphatic heterocycles. The van der Waals surface area contributed by atoms with Crippen molar-refractivity contribution in [3.63, 3.8) is 0 Å². The van der Waals surface area contributed by atoms with Gasteiger partial charge in [0.1, 0.15) is 9.84 Å². The lowest BCUT2D eigenvalue weighted by atomic mass is 10.2. The first-order valence-corrected chi connectivity index (χ1v) is 7.59. The molecule has 0 aromatic heterocycles. The maximum Gasteiger partial charge on any atom is 0.221 e. The first-order chi connectivity index (χ1) is 7.35. The van der Waals surface area contributed by atoms with Gasteiger partial charge in [0.2, 0.25) is 5.91 Å². The molecule has 0 aliphatic rings. The number of nitrogens with one attached hydrogen (secondary N) is 2. The van der Waals surface area contributed by atoms with E-state index >= 15 is 0 Å². The SMILES string of the molecule is CCNC(C)CC(=O)NCCCS(C)(=O)=O. The summed E-state index contributed by atoms with van der Waals surface area (Å²) in [6.07, 6.45) is 2.09. The van der Waals surface area contributed by atoms with Crippen LogP contribution in [0, 0.1) is 0 Å². The Bertz CT molecular complexity index is 301. The van der Waals surface area contributed by atoms with Crippen molar-refractivity contribution in [3.05, 3.63) is 0 Å². The number of hydrogen-bond acceptors (Lipinski definition) is 4. The quantitative estimate of drug-likeness (QED) is 0.591. The molecule has 1 atom stereocenters. The normalized spacial score (nSPS) is 13.4. The Balaban J connectivity index is 3.59. The third-order valence-electron chi connectivity index (χ3n) is 2.06. The fourth-order valence-electron chi connectivity index (χ4n) is 1.33. The molecule has 1 unspecified atom stereocenters. The first kappa shape index (κ1) is 15.4. The van der Waals surface area contributed by atoms with Crippen molar-refractivity contribution in [2.24, 2.45) is 0 Å². The van der Waals surface area contributed by atoms with Crippen LogP contribution in [0.25, 0.3) is 0 Å². The third kappa shape index (κ3) is 9.92. The van der Waals surface area contributed by atoms with E-state index in [2.05, 4.69) is 10.6 Å². The Morgan fingerprint density at radius 1 is 1.38 bits per heavy atom. The lowest BCUT2D eigenvalue weighted by Crippen LogP contribution is -2.34. The van der Waals surface area contributed by atoms with Crippen molar-refractivity contribution in [2.75, 3.05) is 25.1 Å². The average molecular weight is 250 g/mol. The van der Waals surface area contributed by atoms with Crippen molar-refractivity contribution in [1.29, 1.82) is 0 Å². The van der Waals surface area contributed by atoms with Crippen LogP contribution in [0.15, 0.2) is 0 Å². The van der Waals surface area contributed by atoms with Gasteiger partial charge in [0, 0.05) is 25.3 Å². The predicted octanol–water partition coefficient (Wildman–Crippen LogP) is -0.0746. The minimum atomic E-state index is -2.92. The molecule has 0 radical (unpaired) electrons. The van der Waals surface area contributed by atoms with Gasteiger partial charge in [-0.25, -0.2) is 8.42 Å². The smallest absolute Gasteiger partial charge is 0.221 e. The van der Waals surface area contributed by atoms with Gasteiger partial charge in [-0.1, -0.05) is 6.92 Å². The Morgan fingerprint density at radius 2 is 2.00 bits per heavy atom. The number of sulfone groups is 1. The van der Waals surface area contributed by atoms with Crippen LogP contribution in [0.3, 0.4) is 0 Å². The topological polar surface area (TPSA) is 75.3 Å². The molecule has 6 heteroatoms. The zero-order valence-corrected chi connectivity index (χ0v) is 11.1. The van der Waals surface area contributed by atoms with E-state index in [0.717, 1.165) is 6.54 Å². The van der Waals surface area contributed by atoms with Crippen molar-refractivity contribution < 1.29 is 13.2 Å². The highest BCUT2D eigenvalue weighted by atomic mass is 32.2. The Kier molecular flexibility index (Phi) is 7.33. The molecule has 0 aromatic carbocycles. The molecule has 0 saturated carbocycles. The number of carbonyl (C=O) groups is 1. The summed E-state index contributed by atoms with van der Waals surface area (Å²) >= 11 is 0. The second-order valence-electron chi connectivity index (χ2n) is 4.00. The minimum Gasteiger partial charge on any atom is -0.356 e. The van der Waals surface area contributed by atoms with E-state index in [1.54, 1.807) is 0 Å². The zero-order chi connectivity index (χ0) is 12.6. The van der Waals surface area contributed by atoms with Crippen LogP contribution in [0.5, 0.6) is 0 Å². The fourth-order valence-corrected chi connectivity index (χ4v) is 2.00. The molecular formula is C10H22N2O3S. The fraction of sp³-hybridized carbons (Fsp3) is 0.900. The summed E-state index contributed by atoms with van der Waals surface area (Å²) in [6.45, 7) is 5.19. The molecule has 0 saturated heterocycles. The molecule has 0 aliphatic carbocycles.